The Morgan fingerprint density at radius 1 is 1.40 bits per heavy atom. The molecule has 2 rings (SSSR count). The second-order valence-corrected chi connectivity index (χ2v) is 9.32. The number of hydrogen-bond donors (Lipinski definition) is 1. The largest absolute Gasteiger partial charge is 0.495 e. The summed E-state index contributed by atoms with van der Waals surface area (Å²) in [6.07, 6.45) is 0. The van der Waals surface area contributed by atoms with Crippen LogP contribution >= 0.6 is 34.9 Å². The SMILES string of the molecule is C=C(C)CSc1nnc(S[C@@H](C)C(=O)Nc2cc(C)ccc2OC)s1. The predicted molar refractivity (Wildman–Crippen MR) is 107 cm³/mol. The number of anilines is 1. The lowest BCUT2D eigenvalue weighted by Crippen LogP contribution is -2.22. The average Bonchev–Trinajstić information content (AvgIpc) is 3.00. The van der Waals surface area contributed by atoms with Crippen LogP contribution in [0.1, 0.15) is 19.4 Å². The van der Waals surface area contributed by atoms with Crippen LogP contribution in [-0.2, 0) is 4.79 Å². The highest BCUT2D eigenvalue weighted by molar-refractivity contribution is 8.04. The van der Waals surface area contributed by atoms with Crippen molar-refractivity contribution in [1.29, 1.82) is 0 Å². The number of carbonyl (C=O) groups excluding carboxylic acids is 1. The number of rotatable bonds is 8. The van der Waals surface area contributed by atoms with E-state index in [1.54, 1.807) is 18.9 Å². The van der Waals surface area contributed by atoms with Gasteiger partial charge in [0.05, 0.1) is 18.0 Å². The number of nitrogens with one attached hydrogen (secondary N) is 1. The Kier molecular flexibility index (Phi) is 7.34. The molecule has 1 heterocycles. The van der Waals surface area contributed by atoms with E-state index in [0.29, 0.717) is 11.4 Å². The number of hydrogen-bond acceptors (Lipinski definition) is 7. The second kappa shape index (κ2) is 9.26. The van der Waals surface area contributed by atoms with Gasteiger partial charge in [0, 0.05) is 5.75 Å². The fourth-order valence-electron chi connectivity index (χ4n) is 1.85. The van der Waals surface area contributed by atoms with Crippen molar-refractivity contribution in [3.05, 3.63) is 35.9 Å². The molecule has 1 aromatic carbocycles. The van der Waals surface area contributed by atoms with E-state index in [9.17, 15) is 4.79 Å². The summed E-state index contributed by atoms with van der Waals surface area (Å²) in [5.74, 6) is 1.37. The number of nitrogens with zero attached hydrogens (tertiary/aromatic N) is 2. The number of carbonyl (C=O) groups is 1. The molecule has 0 saturated heterocycles. The van der Waals surface area contributed by atoms with E-state index in [4.69, 9.17) is 4.74 Å². The summed E-state index contributed by atoms with van der Waals surface area (Å²) in [7, 11) is 1.59. The number of ether oxygens (including phenoxy) is 1. The van der Waals surface area contributed by atoms with Crippen LogP contribution in [0.15, 0.2) is 39.0 Å². The molecule has 5 nitrogen and oxygen atoms in total. The number of thioether (sulfide) groups is 2. The maximum absolute atomic E-state index is 12.5. The van der Waals surface area contributed by atoms with Crippen LogP contribution in [0.5, 0.6) is 5.75 Å². The zero-order chi connectivity index (χ0) is 18.4. The van der Waals surface area contributed by atoms with Gasteiger partial charge in [-0.25, -0.2) is 0 Å². The molecule has 8 heteroatoms. The van der Waals surface area contributed by atoms with Crippen LogP contribution in [0.4, 0.5) is 5.69 Å². The first kappa shape index (κ1) is 19.8. The van der Waals surface area contributed by atoms with Gasteiger partial charge in [-0.05, 0) is 38.5 Å². The molecule has 0 bridgehead atoms. The van der Waals surface area contributed by atoms with Gasteiger partial charge in [-0.1, -0.05) is 53.1 Å². The molecule has 0 radical (unpaired) electrons. The van der Waals surface area contributed by atoms with Crippen molar-refractivity contribution >= 4 is 46.5 Å². The predicted octanol–water partition coefficient (Wildman–Crippen LogP) is 4.64. The molecule has 1 atom stereocenters. The van der Waals surface area contributed by atoms with Crippen molar-refractivity contribution in [1.82, 2.24) is 10.2 Å². The van der Waals surface area contributed by atoms with Crippen molar-refractivity contribution in [2.75, 3.05) is 18.2 Å². The molecule has 1 N–H and O–H groups in total. The number of amides is 1. The molecule has 0 aliphatic rings. The summed E-state index contributed by atoms with van der Waals surface area (Å²) in [5, 5.41) is 10.9. The zero-order valence-electron chi connectivity index (χ0n) is 14.7. The molecule has 0 fully saturated rings. The normalized spacial score (nSPS) is 11.8. The molecule has 0 aliphatic carbocycles. The van der Waals surface area contributed by atoms with Crippen molar-refractivity contribution in [3.8, 4) is 5.75 Å². The van der Waals surface area contributed by atoms with Gasteiger partial charge in [0.15, 0.2) is 8.68 Å². The Labute approximate surface area is 160 Å². The van der Waals surface area contributed by atoms with E-state index in [-0.39, 0.29) is 11.2 Å². The first-order valence-corrected chi connectivity index (χ1v) is 10.3. The van der Waals surface area contributed by atoms with Crippen LogP contribution in [0.3, 0.4) is 0 Å². The highest BCUT2D eigenvalue weighted by atomic mass is 32.2. The van der Waals surface area contributed by atoms with Crippen molar-refractivity contribution < 1.29 is 9.53 Å². The molecular formula is C17H21N3O2S3. The molecule has 0 saturated carbocycles. The number of aromatic nitrogens is 2. The van der Waals surface area contributed by atoms with Crippen LogP contribution in [0.2, 0.25) is 0 Å². The standard InChI is InChI=1S/C17H21N3O2S3/c1-10(2)9-23-16-19-20-17(25-16)24-12(4)15(21)18-13-8-11(3)6-7-14(13)22-5/h6-8,12H,1,9H2,2-5H3,(H,18,21)/t12-/m0/s1. The van der Waals surface area contributed by atoms with Crippen molar-refractivity contribution in [3.63, 3.8) is 0 Å². The fraction of sp³-hybridized carbons (Fsp3) is 0.353. The molecule has 1 aromatic heterocycles. The van der Waals surface area contributed by atoms with Crippen molar-refractivity contribution in [2.24, 2.45) is 0 Å². The van der Waals surface area contributed by atoms with Gasteiger partial charge in [0.2, 0.25) is 5.91 Å². The van der Waals surface area contributed by atoms with Gasteiger partial charge in [-0.2, -0.15) is 0 Å². The van der Waals surface area contributed by atoms with Crippen LogP contribution in [0.25, 0.3) is 0 Å². The summed E-state index contributed by atoms with van der Waals surface area (Å²) < 4.78 is 6.97. The minimum absolute atomic E-state index is 0.0970. The zero-order valence-corrected chi connectivity index (χ0v) is 17.1. The third kappa shape index (κ3) is 6.05. The topological polar surface area (TPSA) is 64.1 Å². The highest BCUT2D eigenvalue weighted by Crippen LogP contribution is 2.33. The van der Waals surface area contributed by atoms with Gasteiger partial charge in [-0.3, -0.25) is 4.79 Å². The first-order chi connectivity index (χ1) is 11.9. The third-order valence-electron chi connectivity index (χ3n) is 3.09. The van der Waals surface area contributed by atoms with E-state index in [1.165, 1.54) is 23.1 Å². The second-order valence-electron chi connectivity index (χ2n) is 5.53. The third-order valence-corrected chi connectivity index (χ3v) is 6.56. The number of benzene rings is 1. The molecular weight excluding hydrogens is 374 g/mol. The van der Waals surface area contributed by atoms with E-state index in [2.05, 4.69) is 22.1 Å². The molecule has 2 aromatic rings. The summed E-state index contributed by atoms with van der Waals surface area (Å²) in [6, 6.07) is 5.68. The molecule has 134 valence electrons. The molecule has 1 amide bonds. The number of aryl methyl sites for hydroxylation is 1. The monoisotopic (exact) mass is 395 g/mol. The van der Waals surface area contributed by atoms with Crippen LogP contribution in [0, 0.1) is 6.92 Å². The smallest absolute Gasteiger partial charge is 0.237 e. The van der Waals surface area contributed by atoms with E-state index >= 15 is 0 Å². The summed E-state index contributed by atoms with van der Waals surface area (Å²) >= 11 is 4.50. The van der Waals surface area contributed by atoms with E-state index in [0.717, 1.165) is 25.6 Å². The van der Waals surface area contributed by atoms with Gasteiger partial charge in [0.1, 0.15) is 5.75 Å². The van der Waals surface area contributed by atoms with E-state index < -0.39 is 0 Å². The van der Waals surface area contributed by atoms with Gasteiger partial charge < -0.3 is 10.1 Å². The molecule has 25 heavy (non-hydrogen) atoms. The highest BCUT2D eigenvalue weighted by Gasteiger charge is 2.19. The Bertz CT molecular complexity index is 761. The lowest BCUT2D eigenvalue weighted by Gasteiger charge is -2.13. The lowest BCUT2D eigenvalue weighted by molar-refractivity contribution is -0.115. The Balaban J connectivity index is 1.96. The van der Waals surface area contributed by atoms with Gasteiger partial charge in [0.25, 0.3) is 0 Å². The van der Waals surface area contributed by atoms with Gasteiger partial charge >= 0.3 is 0 Å². The molecule has 0 spiro atoms. The number of methoxy groups -OCH3 is 1. The lowest BCUT2D eigenvalue weighted by atomic mass is 10.2. The molecule has 0 aliphatic heterocycles. The summed E-state index contributed by atoms with van der Waals surface area (Å²) in [5.41, 5.74) is 2.82. The fourth-order valence-corrected chi connectivity index (χ4v) is 4.85. The first-order valence-electron chi connectivity index (χ1n) is 7.62. The Hall–Kier alpha value is -1.51. The Morgan fingerprint density at radius 3 is 2.80 bits per heavy atom. The van der Waals surface area contributed by atoms with Gasteiger partial charge in [-0.15, -0.1) is 10.2 Å². The van der Waals surface area contributed by atoms with Crippen LogP contribution in [-0.4, -0.2) is 34.2 Å². The molecule has 0 unspecified atom stereocenters. The maximum Gasteiger partial charge on any atom is 0.237 e. The minimum atomic E-state index is -0.294. The quantitative estimate of drug-likeness (QED) is 0.519. The maximum atomic E-state index is 12.5. The Morgan fingerprint density at radius 2 is 2.12 bits per heavy atom. The van der Waals surface area contributed by atoms with E-state index in [1.807, 2.05) is 39.0 Å². The minimum Gasteiger partial charge on any atom is -0.495 e. The van der Waals surface area contributed by atoms with Crippen molar-refractivity contribution in [2.45, 2.75) is 34.7 Å². The van der Waals surface area contributed by atoms with Crippen LogP contribution < -0.4 is 10.1 Å². The summed E-state index contributed by atoms with van der Waals surface area (Å²) in [4.78, 5) is 12.5. The summed E-state index contributed by atoms with van der Waals surface area (Å²) in [6.45, 7) is 9.68. The average molecular weight is 396 g/mol.